The molecule has 3 aromatic heterocycles. The third-order valence-corrected chi connectivity index (χ3v) is 14.2. The van der Waals surface area contributed by atoms with Gasteiger partial charge in [0.2, 0.25) is 5.91 Å². The number of nitrogens with one attached hydrogen (secondary N) is 1. The number of anilines is 1. The number of aromatic nitrogens is 4. The van der Waals surface area contributed by atoms with Gasteiger partial charge in [0.1, 0.15) is 24.2 Å². The van der Waals surface area contributed by atoms with Crippen molar-refractivity contribution in [2.45, 2.75) is 116 Å². The van der Waals surface area contributed by atoms with Gasteiger partial charge in [-0.15, -0.1) is 0 Å². The number of carbonyl (C=O) groups excluding carboxylic acids is 5. The van der Waals surface area contributed by atoms with Gasteiger partial charge in [-0.1, -0.05) is 49.7 Å². The summed E-state index contributed by atoms with van der Waals surface area (Å²) in [6.45, 7) is 14.5. The van der Waals surface area contributed by atoms with E-state index in [4.69, 9.17) is 14.6 Å². The van der Waals surface area contributed by atoms with Gasteiger partial charge in [-0.25, -0.2) is 14.3 Å². The average Bonchev–Trinajstić information content (AvgIpc) is 4.08. The van der Waals surface area contributed by atoms with Crippen molar-refractivity contribution in [3.05, 3.63) is 101 Å². The molecule has 0 spiro atoms. The minimum atomic E-state index is -1.33. The van der Waals surface area contributed by atoms with Crippen LogP contribution < -0.4 is 5.32 Å². The number of nitrogens with zero attached hydrogens (tertiary/aromatic N) is 7. The van der Waals surface area contributed by atoms with Crippen molar-refractivity contribution in [3.63, 3.8) is 0 Å². The molecule has 0 saturated carbocycles. The molecule has 350 valence electrons. The molecule has 1 N–H and O–H groups in total. The number of imide groups is 1. The number of likely N-dealkylation sites (tertiary alicyclic amines) is 2. The highest BCUT2D eigenvalue weighted by atomic mass is 28.3. The Balaban J connectivity index is 0.850. The molecule has 6 heterocycles. The fraction of sp³-hybridized carbons (Fsp3) is 0.431. The second-order valence-corrected chi connectivity index (χ2v) is 25.5. The van der Waals surface area contributed by atoms with Crippen LogP contribution in [0.3, 0.4) is 0 Å². The number of aryl methyl sites for hydroxylation is 1. The first kappa shape index (κ1) is 47.1. The molecule has 2 atom stereocenters. The number of carbonyl (C=O) groups is 5. The number of ether oxygens (including phenoxy) is 2. The van der Waals surface area contributed by atoms with Gasteiger partial charge < -0.3 is 19.7 Å². The van der Waals surface area contributed by atoms with E-state index in [0.717, 1.165) is 70.2 Å². The summed E-state index contributed by atoms with van der Waals surface area (Å²) in [5.41, 5.74) is 4.94. The highest BCUT2D eigenvalue weighted by molar-refractivity contribution is 6.76. The van der Waals surface area contributed by atoms with E-state index in [-0.39, 0.29) is 55.8 Å². The van der Waals surface area contributed by atoms with E-state index in [2.05, 4.69) is 53.7 Å². The van der Waals surface area contributed by atoms with Crippen LogP contribution in [-0.2, 0) is 32.2 Å². The van der Waals surface area contributed by atoms with Crippen molar-refractivity contribution >= 4 is 54.5 Å². The predicted molar refractivity (Wildman–Crippen MR) is 258 cm³/mol. The van der Waals surface area contributed by atoms with Gasteiger partial charge in [-0.2, -0.15) is 5.10 Å². The third kappa shape index (κ3) is 10.7. The second kappa shape index (κ2) is 19.4. The first-order valence-electron chi connectivity index (χ1n) is 23.2. The molecule has 3 aliphatic rings. The van der Waals surface area contributed by atoms with Gasteiger partial charge in [0.15, 0.2) is 0 Å². The molecular weight excluding hydrogens is 865 g/mol. The fourth-order valence-electron chi connectivity index (χ4n) is 8.84. The lowest BCUT2D eigenvalue weighted by Crippen LogP contribution is -2.55. The number of fused-ring (bicyclic) bond motifs is 2. The molecule has 3 aliphatic heterocycles. The number of unbranched alkanes of at least 4 members (excludes halogenated alkanes) is 1. The Morgan fingerprint density at radius 3 is 2.51 bits per heavy atom. The minimum absolute atomic E-state index is 0.0636. The van der Waals surface area contributed by atoms with Crippen molar-refractivity contribution < 1.29 is 33.4 Å². The van der Waals surface area contributed by atoms with Gasteiger partial charge in [0.05, 0.1) is 17.3 Å². The molecule has 5 aromatic rings. The van der Waals surface area contributed by atoms with Gasteiger partial charge in [0.25, 0.3) is 17.7 Å². The Morgan fingerprint density at radius 2 is 1.78 bits per heavy atom. The van der Waals surface area contributed by atoms with Gasteiger partial charge in [0, 0.05) is 92.4 Å². The zero-order valence-corrected chi connectivity index (χ0v) is 40.6. The maximum absolute atomic E-state index is 13.6. The Morgan fingerprint density at radius 1 is 0.985 bits per heavy atom. The predicted octanol–water partition coefficient (Wildman–Crippen LogP) is 8.32. The summed E-state index contributed by atoms with van der Waals surface area (Å²) in [7, 11) is 0.727. The molecule has 2 saturated heterocycles. The Labute approximate surface area is 392 Å². The van der Waals surface area contributed by atoms with E-state index >= 15 is 0 Å². The Hall–Kier alpha value is -6.41. The molecule has 0 radical (unpaired) electrons. The van der Waals surface area contributed by atoms with Crippen LogP contribution in [0.25, 0.3) is 22.2 Å². The van der Waals surface area contributed by atoms with Crippen molar-refractivity contribution in [2.75, 3.05) is 32.2 Å². The maximum atomic E-state index is 13.6. The van der Waals surface area contributed by atoms with Crippen LogP contribution in [0.2, 0.25) is 25.7 Å². The summed E-state index contributed by atoms with van der Waals surface area (Å²) < 4.78 is 15.1. The lowest BCUT2D eigenvalue weighted by Gasteiger charge is -2.35. The average molecular weight is 925 g/mol. The summed E-state index contributed by atoms with van der Waals surface area (Å²) in [5.74, 6) is 5.63. The highest BCUT2D eigenvalue weighted by Gasteiger charge is 2.43. The van der Waals surface area contributed by atoms with E-state index < -0.39 is 25.8 Å². The van der Waals surface area contributed by atoms with Crippen LogP contribution in [0, 0.1) is 11.8 Å². The van der Waals surface area contributed by atoms with Gasteiger partial charge in [-0.05, 0) is 108 Å². The van der Waals surface area contributed by atoms with E-state index in [0.29, 0.717) is 42.0 Å². The van der Waals surface area contributed by atoms with Crippen LogP contribution >= 0.6 is 0 Å². The molecule has 2 fully saturated rings. The maximum Gasteiger partial charge on any atom is 0.419 e. The zero-order valence-electron chi connectivity index (χ0n) is 39.6. The Kier molecular flexibility index (Phi) is 13.7. The number of pyridine rings is 1. The number of piperidine rings is 1. The number of benzene rings is 2. The second-order valence-electron chi connectivity index (χ2n) is 19.9. The summed E-state index contributed by atoms with van der Waals surface area (Å²) in [6, 6.07) is 18.6. The number of rotatable bonds is 13. The highest BCUT2D eigenvalue weighted by Crippen LogP contribution is 2.36. The topological polar surface area (TPSA) is 161 Å². The van der Waals surface area contributed by atoms with Crippen LogP contribution in [0.1, 0.15) is 103 Å². The summed E-state index contributed by atoms with van der Waals surface area (Å²) in [4.78, 5) is 76.3. The number of amides is 4. The molecule has 2 aromatic carbocycles. The fourth-order valence-corrected chi connectivity index (χ4v) is 9.60. The molecule has 67 heavy (non-hydrogen) atoms. The summed E-state index contributed by atoms with van der Waals surface area (Å²) in [6.07, 6.45) is 6.90. The van der Waals surface area contributed by atoms with Crippen LogP contribution in [0.4, 0.5) is 10.6 Å². The minimum Gasteiger partial charge on any atom is -0.443 e. The standard InChI is InChI=1S/C51H60N8O7Si/c1-51(2,3)66-50(64)59-43-30-45(52-31-37(43)29-44(59)41-16-12-24-55(41)4)53-47(61)36-19-17-35(18-20-36)40-23-26-56(54-40)25-10-8-9-13-34-14-11-15-38-39(34)32-57(48(38)62)42-21-22-46(60)58(49(42)63)33-65-27-28-67(5,6)7/h11,14-15,17-20,23,26,29-31,41-42H,8,10,12,16,21-22,24-25,27-28,32-33H2,1-7H3,(H,52,53,61)/t41-,42?/m1/s1. The first-order chi connectivity index (χ1) is 31.9. The normalized spacial score (nSPS) is 17.8. The largest absolute Gasteiger partial charge is 0.443 e. The van der Waals surface area contributed by atoms with E-state index in [1.54, 1.807) is 39.9 Å². The quantitative estimate of drug-likeness (QED) is 0.0526. The lowest BCUT2D eigenvalue weighted by molar-refractivity contribution is -0.158. The molecular formula is C51H60N8O7Si. The summed E-state index contributed by atoms with van der Waals surface area (Å²) >= 11 is 0. The molecule has 16 heteroatoms. The lowest BCUT2D eigenvalue weighted by atomic mass is 10.0. The van der Waals surface area contributed by atoms with E-state index in [1.165, 1.54) is 0 Å². The van der Waals surface area contributed by atoms with Gasteiger partial charge >= 0.3 is 6.09 Å². The first-order valence-corrected chi connectivity index (χ1v) is 26.9. The van der Waals surface area contributed by atoms with Crippen molar-refractivity contribution in [3.8, 4) is 23.1 Å². The number of hydrogen-bond donors (Lipinski definition) is 1. The Bertz CT molecular complexity index is 2770. The SMILES string of the molecule is CN1CCC[C@@H]1c1cc2cnc(NC(=O)c3ccc(-c4ccn(CCCC#Cc5cccc6c5CN(C5CCC(=O)N(COCC[Si](C)(C)C)C5=O)C6=O)n4)cc3)cc2n1C(=O)OC(C)(C)C. The molecule has 0 bridgehead atoms. The number of hydrogen-bond acceptors (Lipinski definition) is 10. The van der Waals surface area contributed by atoms with Crippen LogP contribution in [-0.4, -0.2) is 110 Å². The summed E-state index contributed by atoms with van der Waals surface area (Å²) in [5, 5.41) is 8.45. The molecule has 1 unspecified atom stereocenters. The molecule has 15 nitrogen and oxygen atoms in total. The molecule has 8 rings (SSSR count). The monoisotopic (exact) mass is 924 g/mol. The zero-order chi connectivity index (χ0) is 47.6. The smallest absolute Gasteiger partial charge is 0.419 e. The molecule has 4 amide bonds. The van der Waals surface area contributed by atoms with E-state index in [9.17, 15) is 24.0 Å². The van der Waals surface area contributed by atoms with Crippen LogP contribution in [0.15, 0.2) is 73.1 Å². The van der Waals surface area contributed by atoms with Crippen LogP contribution in [0.5, 0.6) is 0 Å². The van der Waals surface area contributed by atoms with Gasteiger partial charge in [-0.3, -0.25) is 33.7 Å². The third-order valence-electron chi connectivity index (χ3n) is 12.5. The van der Waals surface area contributed by atoms with Crippen molar-refractivity contribution in [2.24, 2.45) is 0 Å². The molecule has 0 aliphatic carbocycles. The van der Waals surface area contributed by atoms with Crippen molar-refractivity contribution in [1.82, 2.24) is 34.0 Å². The van der Waals surface area contributed by atoms with E-state index in [1.807, 2.05) is 68.0 Å². The van der Waals surface area contributed by atoms with Crippen molar-refractivity contribution in [1.29, 1.82) is 0 Å².